The lowest BCUT2D eigenvalue weighted by molar-refractivity contribution is -0.115. The first-order valence-corrected chi connectivity index (χ1v) is 4.61. The number of hydrogen-bond donors (Lipinski definition) is 1. The molecule has 0 heterocycles. The molecule has 0 aliphatic carbocycles. The molecule has 1 atom stereocenters. The van der Waals surface area contributed by atoms with E-state index in [4.69, 9.17) is 18.0 Å². The number of carbonyl (C=O) groups excluding carboxylic acids is 1. The van der Waals surface area contributed by atoms with E-state index in [1.54, 1.807) is 12.1 Å². The number of para-hydroxylation sites is 1. The highest BCUT2D eigenvalue weighted by Crippen LogP contribution is 2.09. The number of amides is 1. The first-order chi connectivity index (χ1) is 6.74. The number of halogens is 1. The van der Waals surface area contributed by atoms with Gasteiger partial charge in [0.25, 0.3) is 0 Å². The average Bonchev–Trinajstić information content (AvgIpc) is 2.19. The summed E-state index contributed by atoms with van der Waals surface area (Å²) in [5, 5.41) is 1.99. The van der Waals surface area contributed by atoms with Crippen LogP contribution in [0.5, 0.6) is 0 Å². The molecule has 0 spiro atoms. The molecule has 0 aliphatic heterocycles. The lowest BCUT2D eigenvalue weighted by Crippen LogP contribution is -2.22. The molecular formula is C11H10ClNO. The van der Waals surface area contributed by atoms with Crippen LogP contribution in [0.2, 0.25) is 0 Å². The van der Waals surface area contributed by atoms with Crippen molar-refractivity contribution in [1.82, 2.24) is 0 Å². The minimum atomic E-state index is -0.666. The number of terminal acetylenes is 1. The summed E-state index contributed by atoms with van der Waals surface area (Å²) >= 11 is 5.73. The van der Waals surface area contributed by atoms with E-state index in [0.717, 1.165) is 5.69 Å². The van der Waals surface area contributed by atoms with Gasteiger partial charge in [-0.15, -0.1) is 23.9 Å². The molecule has 0 bridgehead atoms. The second kappa shape index (κ2) is 5.31. The molecule has 1 aromatic carbocycles. The Morgan fingerprint density at radius 2 is 2.14 bits per heavy atom. The van der Waals surface area contributed by atoms with Crippen LogP contribution < -0.4 is 5.32 Å². The van der Waals surface area contributed by atoms with Crippen LogP contribution >= 0.6 is 11.6 Å². The number of hydrogen-bond acceptors (Lipinski definition) is 1. The van der Waals surface area contributed by atoms with Crippen LogP contribution in [0.1, 0.15) is 6.42 Å². The third-order valence-corrected chi connectivity index (χ3v) is 1.98. The molecule has 0 aromatic heterocycles. The zero-order chi connectivity index (χ0) is 10.4. The van der Waals surface area contributed by atoms with Gasteiger partial charge in [-0.25, -0.2) is 0 Å². The molecule has 1 unspecified atom stereocenters. The second-order valence-electron chi connectivity index (χ2n) is 2.73. The fourth-order valence-electron chi connectivity index (χ4n) is 0.938. The molecule has 14 heavy (non-hydrogen) atoms. The van der Waals surface area contributed by atoms with E-state index in [1.807, 2.05) is 18.2 Å². The van der Waals surface area contributed by atoms with Crippen LogP contribution in [-0.2, 0) is 4.79 Å². The molecule has 72 valence electrons. The minimum absolute atomic E-state index is 0.236. The molecule has 1 rings (SSSR count). The third kappa shape index (κ3) is 3.12. The zero-order valence-corrected chi connectivity index (χ0v) is 8.29. The molecule has 0 saturated carbocycles. The van der Waals surface area contributed by atoms with Gasteiger partial charge in [0.15, 0.2) is 0 Å². The lowest BCUT2D eigenvalue weighted by Gasteiger charge is -2.07. The first-order valence-electron chi connectivity index (χ1n) is 4.17. The summed E-state index contributed by atoms with van der Waals surface area (Å²) in [7, 11) is 0. The van der Waals surface area contributed by atoms with Gasteiger partial charge in [-0.05, 0) is 12.1 Å². The summed E-state index contributed by atoms with van der Waals surface area (Å²) in [6.45, 7) is 0. The molecule has 2 nitrogen and oxygen atoms in total. The highest BCUT2D eigenvalue weighted by atomic mass is 35.5. The molecule has 0 saturated heterocycles. The molecule has 1 N–H and O–H groups in total. The molecule has 0 aliphatic rings. The van der Waals surface area contributed by atoms with Gasteiger partial charge in [-0.1, -0.05) is 18.2 Å². The number of benzene rings is 1. The van der Waals surface area contributed by atoms with E-state index in [9.17, 15) is 4.79 Å². The van der Waals surface area contributed by atoms with Crippen molar-refractivity contribution < 1.29 is 4.79 Å². The summed E-state index contributed by atoms with van der Waals surface area (Å²) in [6, 6.07) is 9.12. The molecule has 3 heteroatoms. The Kier molecular flexibility index (Phi) is 4.03. The Labute approximate surface area is 88.3 Å². The van der Waals surface area contributed by atoms with Crippen molar-refractivity contribution in [2.75, 3.05) is 5.32 Å². The van der Waals surface area contributed by atoms with E-state index < -0.39 is 5.38 Å². The van der Waals surface area contributed by atoms with Crippen molar-refractivity contribution in [3.63, 3.8) is 0 Å². The van der Waals surface area contributed by atoms with Gasteiger partial charge in [-0.3, -0.25) is 4.79 Å². The summed E-state index contributed by atoms with van der Waals surface area (Å²) in [4.78, 5) is 11.4. The summed E-state index contributed by atoms with van der Waals surface area (Å²) in [5.41, 5.74) is 0.722. The quantitative estimate of drug-likeness (QED) is 0.598. The van der Waals surface area contributed by atoms with Crippen molar-refractivity contribution in [3.05, 3.63) is 30.3 Å². The SMILES string of the molecule is C#CCC(Cl)C(=O)Nc1ccccc1. The van der Waals surface area contributed by atoms with Crippen LogP contribution in [0.4, 0.5) is 5.69 Å². The van der Waals surface area contributed by atoms with Gasteiger partial charge in [0, 0.05) is 12.1 Å². The lowest BCUT2D eigenvalue weighted by atomic mass is 10.2. The van der Waals surface area contributed by atoms with Crippen LogP contribution in [0.25, 0.3) is 0 Å². The maximum atomic E-state index is 11.4. The largest absolute Gasteiger partial charge is 0.325 e. The van der Waals surface area contributed by atoms with Crippen LogP contribution in [0, 0.1) is 12.3 Å². The van der Waals surface area contributed by atoms with E-state index in [0.29, 0.717) is 0 Å². The van der Waals surface area contributed by atoms with Gasteiger partial charge in [0.2, 0.25) is 5.91 Å². The van der Waals surface area contributed by atoms with E-state index in [2.05, 4.69) is 11.2 Å². The maximum absolute atomic E-state index is 11.4. The summed E-state index contributed by atoms with van der Waals surface area (Å²) < 4.78 is 0. The number of rotatable bonds is 3. The second-order valence-corrected chi connectivity index (χ2v) is 3.26. The number of nitrogens with one attached hydrogen (secondary N) is 1. The Morgan fingerprint density at radius 1 is 1.50 bits per heavy atom. The van der Waals surface area contributed by atoms with Crippen molar-refractivity contribution in [1.29, 1.82) is 0 Å². The number of alkyl halides is 1. The van der Waals surface area contributed by atoms with Crippen LogP contribution in [0.3, 0.4) is 0 Å². The third-order valence-electron chi connectivity index (χ3n) is 1.62. The van der Waals surface area contributed by atoms with Gasteiger partial charge in [0.05, 0.1) is 0 Å². The van der Waals surface area contributed by atoms with Crippen molar-refractivity contribution in [2.45, 2.75) is 11.8 Å². The monoisotopic (exact) mass is 207 g/mol. The minimum Gasteiger partial charge on any atom is -0.325 e. The molecule has 0 radical (unpaired) electrons. The van der Waals surface area contributed by atoms with Crippen molar-refractivity contribution in [2.24, 2.45) is 0 Å². The van der Waals surface area contributed by atoms with Crippen LogP contribution in [0.15, 0.2) is 30.3 Å². The van der Waals surface area contributed by atoms with E-state index in [-0.39, 0.29) is 12.3 Å². The fourth-order valence-corrected chi connectivity index (χ4v) is 1.08. The topological polar surface area (TPSA) is 29.1 Å². The van der Waals surface area contributed by atoms with Gasteiger partial charge < -0.3 is 5.32 Å². The van der Waals surface area contributed by atoms with Crippen molar-refractivity contribution >= 4 is 23.2 Å². The highest BCUT2D eigenvalue weighted by Gasteiger charge is 2.13. The molecule has 1 amide bonds. The smallest absolute Gasteiger partial charge is 0.243 e. The predicted octanol–water partition coefficient (Wildman–Crippen LogP) is 2.26. The number of anilines is 1. The van der Waals surface area contributed by atoms with Gasteiger partial charge in [0.1, 0.15) is 5.38 Å². The van der Waals surface area contributed by atoms with E-state index >= 15 is 0 Å². The average molecular weight is 208 g/mol. The van der Waals surface area contributed by atoms with Crippen LogP contribution in [-0.4, -0.2) is 11.3 Å². The van der Waals surface area contributed by atoms with Crippen molar-refractivity contribution in [3.8, 4) is 12.3 Å². The Hall–Kier alpha value is -1.46. The molecular weight excluding hydrogens is 198 g/mol. The molecule has 1 aromatic rings. The highest BCUT2D eigenvalue weighted by molar-refractivity contribution is 6.32. The summed E-state index contributed by atoms with van der Waals surface area (Å²) in [5.74, 6) is 2.07. The Bertz CT molecular complexity index is 342. The Morgan fingerprint density at radius 3 is 2.71 bits per heavy atom. The predicted molar refractivity (Wildman–Crippen MR) is 58.2 cm³/mol. The normalized spacial score (nSPS) is 11.4. The standard InChI is InChI=1S/C11H10ClNO/c1-2-6-10(12)11(14)13-9-7-4-3-5-8-9/h1,3-5,7-8,10H,6H2,(H,13,14). The first kappa shape index (κ1) is 10.6. The number of carbonyl (C=O) groups is 1. The van der Waals surface area contributed by atoms with Gasteiger partial charge in [-0.2, -0.15) is 0 Å². The van der Waals surface area contributed by atoms with Gasteiger partial charge >= 0.3 is 0 Å². The zero-order valence-electron chi connectivity index (χ0n) is 7.53. The van der Waals surface area contributed by atoms with E-state index in [1.165, 1.54) is 0 Å². The molecule has 0 fully saturated rings. The Balaban J connectivity index is 2.54. The summed E-state index contributed by atoms with van der Waals surface area (Å²) in [6.07, 6.45) is 5.28. The fraction of sp³-hybridized carbons (Fsp3) is 0.182. The maximum Gasteiger partial charge on any atom is 0.243 e.